The van der Waals surface area contributed by atoms with Gasteiger partial charge in [-0.25, -0.2) is 4.39 Å². The maximum atomic E-state index is 14.0. The Balaban J connectivity index is 2.23. The predicted octanol–water partition coefficient (Wildman–Crippen LogP) is 2.05. The van der Waals surface area contributed by atoms with E-state index in [9.17, 15) is 4.39 Å². The Morgan fingerprint density at radius 3 is 2.67 bits per heavy atom. The predicted molar refractivity (Wildman–Crippen MR) is 71.0 cm³/mol. The first-order chi connectivity index (χ1) is 8.63. The minimum atomic E-state index is -0.202. The monoisotopic (exact) mass is 252 g/mol. The smallest absolute Gasteiger partial charge is 0.146 e. The Morgan fingerprint density at radius 2 is 2.11 bits per heavy atom. The van der Waals surface area contributed by atoms with Gasteiger partial charge in [-0.1, -0.05) is 12.1 Å². The Morgan fingerprint density at radius 1 is 1.44 bits per heavy atom. The standard InChI is InChI=1S/C14H21FN2O/c1-10(16)12-3-2-4-13(15)14(12)17-7-5-11(9-18)6-8-17/h2-4,10-11,18H,5-9,16H2,1H3. The van der Waals surface area contributed by atoms with Crippen LogP contribution in [-0.2, 0) is 0 Å². The third-order valence-corrected chi connectivity index (χ3v) is 3.70. The van der Waals surface area contributed by atoms with Gasteiger partial charge in [-0.2, -0.15) is 0 Å². The van der Waals surface area contributed by atoms with Crippen LogP contribution in [0.15, 0.2) is 18.2 Å². The highest BCUT2D eigenvalue weighted by Crippen LogP contribution is 2.31. The largest absolute Gasteiger partial charge is 0.396 e. The molecule has 1 aliphatic heterocycles. The van der Waals surface area contributed by atoms with Crippen LogP contribution in [0, 0.1) is 11.7 Å². The van der Waals surface area contributed by atoms with Gasteiger partial charge in [0.05, 0.1) is 5.69 Å². The molecule has 2 rings (SSSR count). The number of rotatable bonds is 3. The minimum absolute atomic E-state index is 0.175. The van der Waals surface area contributed by atoms with Gasteiger partial charge in [0.25, 0.3) is 0 Å². The van der Waals surface area contributed by atoms with Gasteiger partial charge in [0.15, 0.2) is 0 Å². The number of aliphatic hydroxyl groups excluding tert-OH is 1. The fourth-order valence-corrected chi connectivity index (χ4v) is 2.57. The van der Waals surface area contributed by atoms with Crippen molar-refractivity contribution in [3.05, 3.63) is 29.6 Å². The zero-order valence-electron chi connectivity index (χ0n) is 10.8. The molecule has 1 aliphatic rings. The van der Waals surface area contributed by atoms with Crippen molar-refractivity contribution in [1.82, 2.24) is 0 Å². The van der Waals surface area contributed by atoms with E-state index in [1.54, 1.807) is 6.07 Å². The molecule has 3 N–H and O–H groups in total. The summed E-state index contributed by atoms with van der Waals surface area (Å²) in [5.41, 5.74) is 7.41. The molecule has 3 nitrogen and oxygen atoms in total. The van der Waals surface area contributed by atoms with Gasteiger partial charge in [-0.15, -0.1) is 0 Å². The average Bonchev–Trinajstić information content (AvgIpc) is 2.38. The Hall–Kier alpha value is -1.13. The second kappa shape index (κ2) is 5.67. The molecule has 0 saturated carbocycles. The van der Waals surface area contributed by atoms with E-state index in [0.717, 1.165) is 31.5 Å². The molecule has 18 heavy (non-hydrogen) atoms. The summed E-state index contributed by atoms with van der Waals surface area (Å²) in [5, 5.41) is 9.13. The van der Waals surface area contributed by atoms with Crippen LogP contribution in [0.2, 0.25) is 0 Å². The number of aliphatic hydroxyl groups is 1. The third-order valence-electron chi connectivity index (χ3n) is 3.70. The van der Waals surface area contributed by atoms with Gasteiger partial charge in [0.2, 0.25) is 0 Å². The molecule has 0 aliphatic carbocycles. The normalized spacial score (nSPS) is 19.0. The van der Waals surface area contributed by atoms with Crippen molar-refractivity contribution >= 4 is 5.69 Å². The number of anilines is 1. The molecule has 1 atom stereocenters. The molecule has 0 bridgehead atoms. The van der Waals surface area contributed by atoms with E-state index < -0.39 is 0 Å². The number of halogens is 1. The highest BCUT2D eigenvalue weighted by Gasteiger charge is 2.23. The fraction of sp³-hybridized carbons (Fsp3) is 0.571. The molecule has 0 radical (unpaired) electrons. The van der Waals surface area contributed by atoms with Crippen molar-refractivity contribution in [1.29, 1.82) is 0 Å². The SMILES string of the molecule is CC(N)c1cccc(F)c1N1CCC(CO)CC1. The first-order valence-electron chi connectivity index (χ1n) is 6.53. The van der Waals surface area contributed by atoms with E-state index in [1.165, 1.54) is 6.07 Å². The molecule has 1 aromatic carbocycles. The molecule has 1 saturated heterocycles. The van der Waals surface area contributed by atoms with E-state index in [4.69, 9.17) is 10.8 Å². The highest BCUT2D eigenvalue weighted by molar-refractivity contribution is 5.56. The second-order valence-electron chi connectivity index (χ2n) is 5.08. The molecular formula is C14H21FN2O. The van der Waals surface area contributed by atoms with Gasteiger partial charge in [0, 0.05) is 25.7 Å². The van der Waals surface area contributed by atoms with Crippen LogP contribution in [0.1, 0.15) is 31.4 Å². The van der Waals surface area contributed by atoms with Gasteiger partial charge in [0.1, 0.15) is 5.82 Å². The first kappa shape index (κ1) is 13.3. The lowest BCUT2D eigenvalue weighted by Gasteiger charge is -2.34. The van der Waals surface area contributed by atoms with Crippen molar-refractivity contribution < 1.29 is 9.50 Å². The molecule has 0 aromatic heterocycles. The summed E-state index contributed by atoms with van der Waals surface area (Å²) in [7, 11) is 0. The van der Waals surface area contributed by atoms with Crippen LogP contribution in [0.4, 0.5) is 10.1 Å². The molecule has 0 amide bonds. The minimum Gasteiger partial charge on any atom is -0.396 e. The van der Waals surface area contributed by atoms with Gasteiger partial charge in [-0.3, -0.25) is 0 Å². The maximum absolute atomic E-state index is 14.0. The van der Waals surface area contributed by atoms with Gasteiger partial charge < -0.3 is 15.7 Å². The van der Waals surface area contributed by atoms with Crippen LogP contribution >= 0.6 is 0 Å². The first-order valence-corrected chi connectivity index (χ1v) is 6.53. The summed E-state index contributed by atoms with van der Waals surface area (Å²) in [6.45, 7) is 3.67. The average molecular weight is 252 g/mol. The summed E-state index contributed by atoms with van der Waals surface area (Å²) < 4.78 is 14.0. The number of hydrogen-bond acceptors (Lipinski definition) is 3. The van der Waals surface area contributed by atoms with E-state index in [2.05, 4.69) is 4.90 Å². The molecule has 100 valence electrons. The molecule has 1 aromatic rings. The number of para-hydroxylation sites is 1. The topological polar surface area (TPSA) is 49.5 Å². The summed E-state index contributed by atoms with van der Waals surface area (Å²) in [6.07, 6.45) is 1.81. The number of nitrogens with two attached hydrogens (primary N) is 1. The van der Waals surface area contributed by atoms with Crippen LogP contribution in [0.3, 0.4) is 0 Å². The van der Waals surface area contributed by atoms with E-state index in [1.807, 2.05) is 13.0 Å². The van der Waals surface area contributed by atoms with Crippen molar-refractivity contribution in [2.75, 3.05) is 24.6 Å². The molecule has 4 heteroatoms. The third kappa shape index (κ3) is 2.65. The summed E-state index contributed by atoms with van der Waals surface area (Å²) >= 11 is 0. The van der Waals surface area contributed by atoms with Crippen LogP contribution in [0.25, 0.3) is 0 Å². The molecular weight excluding hydrogens is 231 g/mol. The Labute approximate surface area is 107 Å². The summed E-state index contributed by atoms with van der Waals surface area (Å²) in [5.74, 6) is 0.152. The van der Waals surface area contributed by atoms with E-state index in [-0.39, 0.29) is 18.5 Å². The molecule has 0 spiro atoms. The quantitative estimate of drug-likeness (QED) is 0.865. The lowest BCUT2D eigenvalue weighted by Crippen LogP contribution is -2.36. The van der Waals surface area contributed by atoms with Crippen LogP contribution in [0.5, 0.6) is 0 Å². The number of piperidine rings is 1. The number of nitrogens with zero attached hydrogens (tertiary/aromatic N) is 1. The summed E-state index contributed by atoms with van der Waals surface area (Å²) in [6, 6.07) is 4.91. The van der Waals surface area contributed by atoms with Crippen molar-refractivity contribution in [3.63, 3.8) is 0 Å². The van der Waals surface area contributed by atoms with Crippen LogP contribution < -0.4 is 10.6 Å². The fourth-order valence-electron chi connectivity index (χ4n) is 2.57. The van der Waals surface area contributed by atoms with Crippen molar-refractivity contribution in [2.45, 2.75) is 25.8 Å². The number of hydrogen-bond donors (Lipinski definition) is 2. The van der Waals surface area contributed by atoms with Gasteiger partial charge in [-0.05, 0) is 37.3 Å². The van der Waals surface area contributed by atoms with Crippen molar-refractivity contribution in [3.8, 4) is 0 Å². The summed E-state index contributed by atoms with van der Waals surface area (Å²) in [4.78, 5) is 2.06. The molecule has 1 fully saturated rings. The van der Waals surface area contributed by atoms with Crippen molar-refractivity contribution in [2.24, 2.45) is 11.7 Å². The van der Waals surface area contributed by atoms with Crippen LogP contribution in [-0.4, -0.2) is 24.8 Å². The zero-order chi connectivity index (χ0) is 13.1. The van der Waals surface area contributed by atoms with E-state index >= 15 is 0 Å². The maximum Gasteiger partial charge on any atom is 0.146 e. The Bertz CT molecular complexity index is 401. The van der Waals surface area contributed by atoms with E-state index in [0.29, 0.717) is 11.6 Å². The lowest BCUT2D eigenvalue weighted by atomic mass is 9.96. The molecule has 1 heterocycles. The second-order valence-corrected chi connectivity index (χ2v) is 5.08. The number of benzene rings is 1. The lowest BCUT2D eigenvalue weighted by molar-refractivity contribution is 0.202. The highest BCUT2D eigenvalue weighted by atomic mass is 19.1. The Kier molecular flexibility index (Phi) is 4.19. The van der Waals surface area contributed by atoms with Gasteiger partial charge >= 0.3 is 0 Å². The molecule has 1 unspecified atom stereocenters. The zero-order valence-corrected chi connectivity index (χ0v) is 10.8.